The number of carbonyl (C=O) groups excluding carboxylic acids is 1. The Morgan fingerprint density at radius 1 is 1.11 bits per heavy atom. The predicted molar refractivity (Wildman–Crippen MR) is 135 cm³/mol. The molecule has 0 radical (unpaired) electrons. The lowest BCUT2D eigenvalue weighted by Crippen LogP contribution is -2.41. The first-order valence-electron chi connectivity index (χ1n) is 12.5. The highest BCUT2D eigenvalue weighted by molar-refractivity contribution is 5.77. The number of fused-ring (bicyclic) bond motifs is 2. The number of carbonyl (C=O) groups is 2. The van der Waals surface area contributed by atoms with Crippen LogP contribution in [0.4, 0.5) is 13.2 Å². The van der Waals surface area contributed by atoms with Crippen LogP contribution in [0.1, 0.15) is 62.1 Å². The molecule has 0 aromatic heterocycles. The number of halogens is 3. The van der Waals surface area contributed by atoms with Gasteiger partial charge in [0.15, 0.2) is 0 Å². The number of nitrogens with one attached hydrogen (secondary N) is 1. The largest absolute Gasteiger partial charge is 0.497 e. The third kappa shape index (κ3) is 7.47. The van der Waals surface area contributed by atoms with Crippen molar-refractivity contribution in [3.63, 3.8) is 0 Å². The number of piperidine rings is 1. The molecule has 9 heteroatoms. The fourth-order valence-electron chi connectivity index (χ4n) is 5.42. The van der Waals surface area contributed by atoms with Crippen molar-refractivity contribution >= 4 is 11.9 Å². The van der Waals surface area contributed by atoms with Gasteiger partial charge in [-0.05, 0) is 86.4 Å². The molecule has 4 rings (SSSR count). The third-order valence-electron chi connectivity index (χ3n) is 7.11. The van der Waals surface area contributed by atoms with Gasteiger partial charge in [0.2, 0.25) is 5.91 Å². The van der Waals surface area contributed by atoms with Crippen LogP contribution in [0, 0.1) is 0 Å². The fourth-order valence-corrected chi connectivity index (χ4v) is 5.42. The maximum absolute atomic E-state index is 12.5. The minimum absolute atomic E-state index is 0.179. The lowest BCUT2D eigenvalue weighted by atomic mass is 9.73. The first-order chi connectivity index (χ1) is 17.4. The molecule has 1 fully saturated rings. The van der Waals surface area contributed by atoms with Crippen LogP contribution in [0.2, 0.25) is 0 Å². The monoisotopic (exact) mass is 520 g/mol. The summed E-state index contributed by atoms with van der Waals surface area (Å²) in [6.07, 6.45) is -1.04. The number of carboxylic acid groups (broad SMARTS) is 1. The Labute approximate surface area is 215 Å². The standard InChI is InChI=1S/C26H34N2O2.C2HF3O2/c1-19(2)27-25(29)16-21-17-26(24-7-5-4-6-23(21)24)12-14-28(15-13-26)18-20-8-10-22(30-3)11-9-20;3-2(4,5)1(6)7/h4-11,19,21H,12-18H2,1-3H3,(H,27,29);(H,6,7). The van der Waals surface area contributed by atoms with E-state index in [2.05, 4.69) is 46.6 Å². The molecular formula is C28H35F3N2O4. The first-order valence-corrected chi connectivity index (χ1v) is 12.5. The molecule has 1 aliphatic heterocycles. The van der Waals surface area contributed by atoms with E-state index in [9.17, 15) is 18.0 Å². The van der Waals surface area contributed by atoms with Gasteiger partial charge in [-0.1, -0.05) is 36.4 Å². The van der Waals surface area contributed by atoms with E-state index in [1.165, 1.54) is 29.5 Å². The number of methoxy groups -OCH3 is 1. The maximum atomic E-state index is 12.5. The van der Waals surface area contributed by atoms with E-state index >= 15 is 0 Å². The molecule has 1 amide bonds. The minimum Gasteiger partial charge on any atom is -0.497 e. The van der Waals surface area contributed by atoms with Crippen LogP contribution in [0.3, 0.4) is 0 Å². The Morgan fingerprint density at radius 3 is 2.24 bits per heavy atom. The van der Waals surface area contributed by atoms with Crippen LogP contribution >= 0.6 is 0 Å². The number of likely N-dealkylation sites (tertiary alicyclic amines) is 1. The van der Waals surface area contributed by atoms with Gasteiger partial charge < -0.3 is 15.2 Å². The van der Waals surface area contributed by atoms with Gasteiger partial charge in [0.1, 0.15) is 5.75 Å². The number of hydrogen-bond donors (Lipinski definition) is 2. The number of rotatable bonds is 6. The predicted octanol–water partition coefficient (Wildman–Crippen LogP) is 5.26. The Morgan fingerprint density at radius 2 is 1.70 bits per heavy atom. The molecule has 1 heterocycles. The summed E-state index contributed by atoms with van der Waals surface area (Å²) < 4.78 is 37.0. The van der Waals surface area contributed by atoms with E-state index in [0.717, 1.165) is 31.8 Å². The van der Waals surface area contributed by atoms with E-state index < -0.39 is 12.1 Å². The Bertz CT molecular complexity index is 1060. The van der Waals surface area contributed by atoms with Crippen molar-refractivity contribution in [1.29, 1.82) is 0 Å². The zero-order valence-electron chi connectivity index (χ0n) is 21.5. The lowest BCUT2D eigenvalue weighted by Gasteiger charge is -2.40. The fraction of sp³-hybridized carbons (Fsp3) is 0.500. The molecule has 37 heavy (non-hydrogen) atoms. The summed E-state index contributed by atoms with van der Waals surface area (Å²) in [4.78, 5) is 23.9. The SMILES string of the molecule is COc1ccc(CN2CCC3(CC2)CC(CC(=O)NC(C)C)c2ccccc23)cc1.O=C(O)C(F)(F)F. The molecule has 6 nitrogen and oxygen atoms in total. The second-order valence-corrected chi connectivity index (χ2v) is 10.1. The second kappa shape index (κ2) is 12.0. The van der Waals surface area contributed by atoms with Crippen LogP contribution in [-0.4, -0.2) is 54.3 Å². The van der Waals surface area contributed by atoms with E-state index in [1.807, 2.05) is 26.0 Å². The van der Waals surface area contributed by atoms with Gasteiger partial charge in [0.05, 0.1) is 7.11 Å². The second-order valence-electron chi connectivity index (χ2n) is 10.1. The molecule has 1 spiro atoms. The van der Waals surface area contributed by atoms with Gasteiger partial charge in [-0.2, -0.15) is 13.2 Å². The van der Waals surface area contributed by atoms with Gasteiger partial charge >= 0.3 is 12.1 Å². The van der Waals surface area contributed by atoms with E-state index in [-0.39, 0.29) is 17.4 Å². The minimum atomic E-state index is -5.08. The number of hydrogen-bond acceptors (Lipinski definition) is 4. The van der Waals surface area contributed by atoms with Crippen molar-refractivity contribution in [1.82, 2.24) is 10.2 Å². The number of alkyl halides is 3. The van der Waals surface area contributed by atoms with Gasteiger partial charge in [-0.15, -0.1) is 0 Å². The molecule has 2 N–H and O–H groups in total. The molecule has 0 bridgehead atoms. The summed E-state index contributed by atoms with van der Waals surface area (Å²) in [5, 5.41) is 10.2. The zero-order chi connectivity index (χ0) is 27.2. The number of amides is 1. The van der Waals surface area contributed by atoms with Crippen molar-refractivity contribution in [3.8, 4) is 5.75 Å². The summed E-state index contributed by atoms with van der Waals surface area (Å²) in [5.74, 6) is -1.33. The molecule has 202 valence electrons. The highest BCUT2D eigenvalue weighted by atomic mass is 19.4. The molecular weight excluding hydrogens is 485 g/mol. The number of ether oxygens (including phenoxy) is 1. The lowest BCUT2D eigenvalue weighted by molar-refractivity contribution is -0.192. The van der Waals surface area contributed by atoms with E-state index in [0.29, 0.717) is 12.3 Å². The quantitative estimate of drug-likeness (QED) is 0.543. The van der Waals surface area contributed by atoms with Crippen molar-refractivity contribution in [2.45, 2.75) is 69.6 Å². The maximum Gasteiger partial charge on any atom is 0.490 e. The van der Waals surface area contributed by atoms with E-state index in [1.54, 1.807) is 7.11 Å². The van der Waals surface area contributed by atoms with Crippen molar-refractivity contribution < 1.29 is 32.6 Å². The number of aliphatic carboxylic acids is 1. The normalized spacial score (nSPS) is 18.6. The Hall–Kier alpha value is -3.07. The summed E-state index contributed by atoms with van der Waals surface area (Å²) in [7, 11) is 1.71. The topological polar surface area (TPSA) is 78.9 Å². The smallest absolute Gasteiger partial charge is 0.490 e. The van der Waals surface area contributed by atoms with Gasteiger partial charge in [0, 0.05) is 19.0 Å². The van der Waals surface area contributed by atoms with Crippen molar-refractivity contribution in [2.75, 3.05) is 20.2 Å². The zero-order valence-corrected chi connectivity index (χ0v) is 21.5. The molecule has 2 aromatic rings. The summed E-state index contributed by atoms with van der Waals surface area (Å²) in [5.41, 5.74) is 4.47. The van der Waals surface area contributed by atoms with Gasteiger partial charge in [-0.25, -0.2) is 4.79 Å². The highest BCUT2D eigenvalue weighted by Crippen LogP contribution is 2.52. The molecule has 2 aromatic carbocycles. The third-order valence-corrected chi connectivity index (χ3v) is 7.11. The van der Waals surface area contributed by atoms with Crippen molar-refractivity contribution in [3.05, 3.63) is 65.2 Å². The molecule has 1 unspecified atom stereocenters. The van der Waals surface area contributed by atoms with Crippen LogP contribution in [-0.2, 0) is 21.5 Å². The van der Waals surface area contributed by atoms with Gasteiger partial charge in [-0.3, -0.25) is 9.69 Å². The molecule has 1 aliphatic carbocycles. The Kier molecular flexibility index (Phi) is 9.23. The summed E-state index contributed by atoms with van der Waals surface area (Å²) in [6.45, 7) is 7.25. The molecule has 2 aliphatic rings. The molecule has 1 atom stereocenters. The van der Waals surface area contributed by atoms with Crippen LogP contribution in [0.5, 0.6) is 5.75 Å². The van der Waals surface area contributed by atoms with Crippen molar-refractivity contribution in [2.24, 2.45) is 0 Å². The summed E-state index contributed by atoms with van der Waals surface area (Å²) in [6, 6.07) is 17.5. The molecule has 1 saturated heterocycles. The average molecular weight is 521 g/mol. The average Bonchev–Trinajstić information content (AvgIpc) is 3.13. The van der Waals surface area contributed by atoms with Crippen LogP contribution in [0.25, 0.3) is 0 Å². The number of carboxylic acids is 1. The van der Waals surface area contributed by atoms with Crippen LogP contribution < -0.4 is 10.1 Å². The van der Waals surface area contributed by atoms with Gasteiger partial charge in [0.25, 0.3) is 0 Å². The first kappa shape index (κ1) is 28.5. The van der Waals surface area contributed by atoms with E-state index in [4.69, 9.17) is 14.6 Å². The Balaban J connectivity index is 0.000000479. The highest BCUT2D eigenvalue weighted by Gasteiger charge is 2.45. The number of nitrogens with zero attached hydrogens (tertiary/aromatic N) is 1. The molecule has 0 saturated carbocycles. The summed E-state index contributed by atoms with van der Waals surface area (Å²) >= 11 is 0. The number of benzene rings is 2. The van der Waals surface area contributed by atoms with Crippen LogP contribution in [0.15, 0.2) is 48.5 Å².